The largest absolute Gasteiger partial charge is 0.393 e. The van der Waals surface area contributed by atoms with Gasteiger partial charge in [-0.2, -0.15) is 5.43 Å². The van der Waals surface area contributed by atoms with E-state index in [2.05, 4.69) is 28.0 Å². The van der Waals surface area contributed by atoms with Crippen LogP contribution in [0.4, 0.5) is 0 Å². The molecule has 1 aliphatic heterocycles. The standard InChI is InChI=1S/C13H19N5O/c14-12-16-13(15,18-17-12)10-4-1-8-2-5-11(19)6-3-9(8)7-10/h1,4,7,11,18-19H,2-3,5-6,15H2,(H3,14,16,17). The summed E-state index contributed by atoms with van der Waals surface area (Å²) in [6.45, 7) is 0. The molecule has 1 heterocycles. The van der Waals surface area contributed by atoms with Gasteiger partial charge in [0.15, 0.2) is 0 Å². The smallest absolute Gasteiger partial charge is 0.209 e. The number of hydrogen-bond donors (Lipinski definition) is 5. The summed E-state index contributed by atoms with van der Waals surface area (Å²) in [5, 5.41) is 9.74. The number of nitrogens with one attached hydrogen (secondary N) is 2. The molecular formula is C13H19N5O. The van der Waals surface area contributed by atoms with Crippen LogP contribution in [0.25, 0.3) is 0 Å². The highest BCUT2D eigenvalue weighted by Gasteiger charge is 2.32. The van der Waals surface area contributed by atoms with E-state index in [0.29, 0.717) is 0 Å². The van der Waals surface area contributed by atoms with Gasteiger partial charge in [0.05, 0.1) is 6.10 Å². The van der Waals surface area contributed by atoms with E-state index in [0.717, 1.165) is 31.2 Å². The van der Waals surface area contributed by atoms with Crippen LogP contribution in [0.3, 0.4) is 0 Å². The molecule has 102 valence electrons. The number of aliphatic imine (C=N–C) groups is 1. The van der Waals surface area contributed by atoms with Gasteiger partial charge in [-0.15, -0.1) is 0 Å². The fraction of sp³-hybridized carbons (Fsp3) is 0.462. The van der Waals surface area contributed by atoms with E-state index in [-0.39, 0.29) is 12.1 Å². The number of aliphatic hydroxyl groups excluding tert-OH is 1. The third-order valence-corrected chi connectivity index (χ3v) is 3.82. The molecule has 2 unspecified atom stereocenters. The van der Waals surface area contributed by atoms with Crippen LogP contribution < -0.4 is 22.3 Å². The van der Waals surface area contributed by atoms with Gasteiger partial charge in [0.25, 0.3) is 0 Å². The number of aliphatic hydroxyl groups is 1. The van der Waals surface area contributed by atoms with Crippen LogP contribution in [0.15, 0.2) is 23.2 Å². The Morgan fingerprint density at radius 3 is 2.68 bits per heavy atom. The van der Waals surface area contributed by atoms with Crippen molar-refractivity contribution in [1.29, 1.82) is 0 Å². The number of rotatable bonds is 1. The van der Waals surface area contributed by atoms with Crippen molar-refractivity contribution in [2.75, 3.05) is 0 Å². The predicted molar refractivity (Wildman–Crippen MR) is 72.9 cm³/mol. The normalized spacial score (nSPS) is 30.2. The maximum Gasteiger partial charge on any atom is 0.209 e. The average molecular weight is 261 g/mol. The number of nitrogens with two attached hydrogens (primary N) is 2. The Labute approximate surface area is 111 Å². The number of hydrogen-bond acceptors (Lipinski definition) is 6. The molecule has 6 heteroatoms. The van der Waals surface area contributed by atoms with Crippen molar-refractivity contribution in [2.45, 2.75) is 37.6 Å². The lowest BCUT2D eigenvalue weighted by molar-refractivity contribution is 0.158. The lowest BCUT2D eigenvalue weighted by Crippen LogP contribution is -2.50. The van der Waals surface area contributed by atoms with Crippen molar-refractivity contribution in [3.05, 3.63) is 34.9 Å². The first kappa shape index (κ1) is 12.4. The van der Waals surface area contributed by atoms with Gasteiger partial charge in [-0.3, -0.25) is 11.2 Å². The molecule has 0 saturated heterocycles. The first-order chi connectivity index (χ1) is 9.07. The second-order valence-corrected chi connectivity index (χ2v) is 5.23. The summed E-state index contributed by atoms with van der Waals surface area (Å²) in [4.78, 5) is 4.18. The maximum absolute atomic E-state index is 9.74. The molecule has 7 N–H and O–H groups in total. The van der Waals surface area contributed by atoms with E-state index in [1.807, 2.05) is 6.07 Å². The summed E-state index contributed by atoms with van der Waals surface area (Å²) in [6.07, 6.45) is 3.19. The summed E-state index contributed by atoms with van der Waals surface area (Å²) >= 11 is 0. The van der Waals surface area contributed by atoms with Crippen LogP contribution >= 0.6 is 0 Å². The molecule has 2 atom stereocenters. The van der Waals surface area contributed by atoms with Crippen molar-refractivity contribution in [2.24, 2.45) is 16.5 Å². The molecule has 19 heavy (non-hydrogen) atoms. The fourth-order valence-corrected chi connectivity index (χ4v) is 2.67. The molecule has 6 nitrogen and oxygen atoms in total. The average Bonchev–Trinajstić information content (AvgIpc) is 2.64. The highest BCUT2D eigenvalue weighted by Crippen LogP contribution is 2.26. The molecule has 1 aromatic carbocycles. The van der Waals surface area contributed by atoms with Gasteiger partial charge in [-0.25, -0.2) is 4.99 Å². The molecule has 0 fully saturated rings. The van der Waals surface area contributed by atoms with E-state index in [4.69, 9.17) is 11.5 Å². The van der Waals surface area contributed by atoms with Gasteiger partial charge in [-0.1, -0.05) is 18.2 Å². The van der Waals surface area contributed by atoms with E-state index in [1.54, 1.807) is 0 Å². The summed E-state index contributed by atoms with van der Waals surface area (Å²) in [5.74, 6) is -0.725. The quantitative estimate of drug-likeness (QED) is 0.435. The molecule has 0 saturated carbocycles. The predicted octanol–water partition coefficient (Wildman–Crippen LogP) is -0.582. The lowest BCUT2D eigenvalue weighted by atomic mass is 9.97. The van der Waals surface area contributed by atoms with Crippen molar-refractivity contribution in [3.8, 4) is 0 Å². The van der Waals surface area contributed by atoms with Gasteiger partial charge in [0, 0.05) is 5.56 Å². The molecule has 3 rings (SSSR count). The van der Waals surface area contributed by atoms with Crippen LogP contribution in [-0.4, -0.2) is 17.2 Å². The molecule has 1 aliphatic carbocycles. The Morgan fingerprint density at radius 2 is 2.00 bits per heavy atom. The molecule has 0 radical (unpaired) electrons. The van der Waals surface area contributed by atoms with Crippen molar-refractivity contribution in [3.63, 3.8) is 0 Å². The second-order valence-electron chi connectivity index (χ2n) is 5.23. The highest BCUT2D eigenvalue weighted by molar-refractivity contribution is 5.79. The zero-order chi connectivity index (χ0) is 13.5. The minimum atomic E-state index is -1.01. The maximum atomic E-state index is 9.74. The number of hydrazine groups is 1. The highest BCUT2D eigenvalue weighted by atomic mass is 16.3. The molecule has 1 aromatic rings. The zero-order valence-electron chi connectivity index (χ0n) is 10.7. The van der Waals surface area contributed by atoms with Gasteiger partial charge >= 0.3 is 0 Å². The third-order valence-electron chi connectivity index (χ3n) is 3.82. The molecule has 0 amide bonds. The SMILES string of the molecule is NC1=NC(N)(c2ccc3c(c2)CCC(O)CC3)NN1. The molecular weight excluding hydrogens is 242 g/mol. The molecule has 0 aromatic heterocycles. The Bertz CT molecular complexity index is 530. The number of nitrogens with zero attached hydrogens (tertiary/aromatic N) is 1. The minimum absolute atomic E-state index is 0.206. The van der Waals surface area contributed by atoms with Gasteiger partial charge < -0.3 is 10.8 Å². The first-order valence-corrected chi connectivity index (χ1v) is 6.54. The number of aryl methyl sites for hydroxylation is 2. The van der Waals surface area contributed by atoms with E-state index in [9.17, 15) is 5.11 Å². The zero-order valence-corrected chi connectivity index (χ0v) is 10.7. The Hall–Kier alpha value is -1.63. The minimum Gasteiger partial charge on any atom is -0.393 e. The van der Waals surface area contributed by atoms with Gasteiger partial charge in [0.2, 0.25) is 11.7 Å². The summed E-state index contributed by atoms with van der Waals surface area (Å²) in [6, 6.07) is 6.10. The van der Waals surface area contributed by atoms with Crippen LogP contribution in [0, 0.1) is 0 Å². The number of guanidine groups is 1. The lowest BCUT2D eigenvalue weighted by Gasteiger charge is -2.22. The monoisotopic (exact) mass is 261 g/mol. The molecule has 0 spiro atoms. The van der Waals surface area contributed by atoms with E-state index < -0.39 is 5.79 Å². The van der Waals surface area contributed by atoms with Gasteiger partial charge in [0.1, 0.15) is 0 Å². The van der Waals surface area contributed by atoms with E-state index >= 15 is 0 Å². The van der Waals surface area contributed by atoms with Gasteiger partial charge in [-0.05, 0) is 36.8 Å². The number of benzene rings is 1. The van der Waals surface area contributed by atoms with Crippen LogP contribution in [-0.2, 0) is 18.6 Å². The third kappa shape index (κ3) is 2.30. The summed E-state index contributed by atoms with van der Waals surface area (Å²) in [5.41, 5.74) is 20.8. The second kappa shape index (κ2) is 4.48. The molecule has 0 bridgehead atoms. The van der Waals surface area contributed by atoms with Crippen LogP contribution in [0.2, 0.25) is 0 Å². The van der Waals surface area contributed by atoms with Crippen LogP contribution in [0.1, 0.15) is 29.5 Å². The van der Waals surface area contributed by atoms with Crippen molar-refractivity contribution < 1.29 is 5.11 Å². The van der Waals surface area contributed by atoms with Crippen LogP contribution in [0.5, 0.6) is 0 Å². The Kier molecular flexibility index (Phi) is 2.93. The molecule has 2 aliphatic rings. The summed E-state index contributed by atoms with van der Waals surface area (Å²) < 4.78 is 0. The topological polar surface area (TPSA) is 109 Å². The Morgan fingerprint density at radius 1 is 1.26 bits per heavy atom. The van der Waals surface area contributed by atoms with E-state index in [1.165, 1.54) is 11.1 Å². The van der Waals surface area contributed by atoms with Crippen molar-refractivity contribution in [1.82, 2.24) is 10.9 Å². The number of fused-ring (bicyclic) bond motifs is 1. The first-order valence-electron chi connectivity index (χ1n) is 6.54. The Balaban J connectivity index is 1.94. The van der Waals surface area contributed by atoms with Crippen molar-refractivity contribution >= 4 is 5.96 Å². The summed E-state index contributed by atoms with van der Waals surface area (Å²) in [7, 11) is 0. The fourth-order valence-electron chi connectivity index (χ4n) is 2.67.